The smallest absolute Gasteiger partial charge is 0.407 e. The number of rotatable bonds is 5. The van der Waals surface area contributed by atoms with Gasteiger partial charge in [-0.15, -0.1) is 0 Å². The van der Waals surface area contributed by atoms with Crippen molar-refractivity contribution in [2.24, 2.45) is 11.3 Å². The van der Waals surface area contributed by atoms with Gasteiger partial charge in [0.05, 0.1) is 12.0 Å². The van der Waals surface area contributed by atoms with E-state index in [2.05, 4.69) is 17.4 Å². The highest BCUT2D eigenvalue weighted by Gasteiger charge is 2.40. The Hall–Kier alpha value is -3.39. The molecule has 0 bridgehead atoms. The standard InChI is InChI=1S/C27H32N2O6/c1-27(2,3)23(24(31)29-13-16(25(32)33)12-17(30)14-29)28-26(34)35-15-22-20-10-6-4-8-18(20)19-9-5-7-11-21(19)22/h4-11,16-17,22-23,30H,12-15H2,1-3H3,(H,28,34)(H,32,33)/t16?,17?,23-/m1/s1. The van der Waals surface area contributed by atoms with E-state index in [1.165, 1.54) is 4.90 Å². The number of amides is 2. The third kappa shape index (κ3) is 5.17. The average Bonchev–Trinajstić information content (AvgIpc) is 3.13. The van der Waals surface area contributed by atoms with Crippen molar-refractivity contribution in [1.82, 2.24) is 10.2 Å². The minimum absolute atomic E-state index is 0.00975. The minimum atomic E-state index is -1.06. The summed E-state index contributed by atoms with van der Waals surface area (Å²) >= 11 is 0. The summed E-state index contributed by atoms with van der Waals surface area (Å²) in [6.07, 6.45) is -1.55. The summed E-state index contributed by atoms with van der Waals surface area (Å²) < 4.78 is 5.62. The Morgan fingerprint density at radius 3 is 2.14 bits per heavy atom. The van der Waals surface area contributed by atoms with E-state index in [4.69, 9.17) is 4.74 Å². The molecule has 1 saturated heterocycles. The number of carboxylic acid groups (broad SMARTS) is 1. The van der Waals surface area contributed by atoms with Crippen molar-refractivity contribution in [2.75, 3.05) is 19.7 Å². The van der Waals surface area contributed by atoms with Gasteiger partial charge in [0, 0.05) is 19.0 Å². The Kier molecular flexibility index (Phi) is 6.85. The van der Waals surface area contributed by atoms with E-state index in [1.54, 1.807) is 0 Å². The Balaban J connectivity index is 1.46. The molecule has 2 aliphatic rings. The van der Waals surface area contributed by atoms with Crippen molar-refractivity contribution in [2.45, 2.75) is 45.3 Å². The van der Waals surface area contributed by atoms with Gasteiger partial charge in [-0.25, -0.2) is 4.79 Å². The Bertz CT molecular complexity index is 1080. The van der Waals surface area contributed by atoms with Gasteiger partial charge >= 0.3 is 12.1 Å². The van der Waals surface area contributed by atoms with E-state index in [0.717, 1.165) is 22.3 Å². The Morgan fingerprint density at radius 2 is 1.60 bits per heavy atom. The molecule has 0 radical (unpaired) electrons. The van der Waals surface area contributed by atoms with E-state index in [-0.39, 0.29) is 32.0 Å². The van der Waals surface area contributed by atoms with Crippen molar-refractivity contribution in [3.05, 3.63) is 59.7 Å². The zero-order chi connectivity index (χ0) is 25.3. The van der Waals surface area contributed by atoms with Gasteiger partial charge in [-0.1, -0.05) is 69.3 Å². The highest BCUT2D eigenvalue weighted by molar-refractivity contribution is 5.87. The number of hydrogen-bond acceptors (Lipinski definition) is 5. The van der Waals surface area contributed by atoms with Gasteiger partial charge in [0.15, 0.2) is 0 Å². The second kappa shape index (κ2) is 9.70. The van der Waals surface area contributed by atoms with Gasteiger partial charge in [0.25, 0.3) is 0 Å². The van der Waals surface area contributed by atoms with Crippen molar-refractivity contribution in [1.29, 1.82) is 0 Å². The number of aliphatic hydroxyl groups excluding tert-OH is 1. The zero-order valence-electron chi connectivity index (χ0n) is 20.2. The molecule has 0 saturated carbocycles. The fourth-order valence-corrected chi connectivity index (χ4v) is 5.02. The summed E-state index contributed by atoms with van der Waals surface area (Å²) in [5, 5.41) is 22.2. The first-order valence-electron chi connectivity index (χ1n) is 11.9. The van der Waals surface area contributed by atoms with Crippen LogP contribution in [0.25, 0.3) is 11.1 Å². The van der Waals surface area contributed by atoms with Crippen LogP contribution in [0.2, 0.25) is 0 Å². The number of piperidine rings is 1. The van der Waals surface area contributed by atoms with Crippen LogP contribution >= 0.6 is 0 Å². The lowest BCUT2D eigenvalue weighted by molar-refractivity contribution is -0.150. The zero-order valence-corrected chi connectivity index (χ0v) is 20.2. The van der Waals surface area contributed by atoms with Crippen LogP contribution in [-0.2, 0) is 14.3 Å². The van der Waals surface area contributed by atoms with Gasteiger partial charge in [0.1, 0.15) is 12.6 Å². The van der Waals surface area contributed by atoms with Gasteiger partial charge in [-0.05, 0) is 34.1 Å². The maximum atomic E-state index is 13.3. The van der Waals surface area contributed by atoms with Gasteiger partial charge in [0.2, 0.25) is 5.91 Å². The lowest BCUT2D eigenvalue weighted by atomic mass is 9.85. The largest absolute Gasteiger partial charge is 0.481 e. The molecule has 35 heavy (non-hydrogen) atoms. The highest BCUT2D eigenvalue weighted by Crippen LogP contribution is 2.44. The maximum absolute atomic E-state index is 13.3. The van der Waals surface area contributed by atoms with Crippen LogP contribution in [0.3, 0.4) is 0 Å². The first kappa shape index (κ1) is 24.7. The van der Waals surface area contributed by atoms with E-state index in [0.29, 0.717) is 0 Å². The van der Waals surface area contributed by atoms with Crippen molar-refractivity contribution in [3.63, 3.8) is 0 Å². The predicted molar refractivity (Wildman–Crippen MR) is 130 cm³/mol. The van der Waals surface area contributed by atoms with E-state index >= 15 is 0 Å². The van der Waals surface area contributed by atoms with E-state index < -0.39 is 41.4 Å². The summed E-state index contributed by atoms with van der Waals surface area (Å²) in [6, 6.07) is 15.1. The number of β-amino-alcohol motifs (C(OH)–C–C–N with tert-alkyl or cyclic N) is 1. The molecule has 3 atom stereocenters. The summed E-state index contributed by atoms with van der Waals surface area (Å²) in [7, 11) is 0. The van der Waals surface area contributed by atoms with Crippen molar-refractivity contribution in [3.8, 4) is 11.1 Å². The molecule has 1 heterocycles. The second-order valence-electron chi connectivity index (χ2n) is 10.4. The average molecular weight is 481 g/mol. The van der Waals surface area contributed by atoms with Crippen LogP contribution in [0.5, 0.6) is 0 Å². The Labute approximate surface area is 204 Å². The predicted octanol–water partition coefficient (Wildman–Crippen LogP) is 3.23. The number of nitrogens with zero attached hydrogens (tertiary/aromatic N) is 1. The third-order valence-electron chi connectivity index (χ3n) is 6.81. The minimum Gasteiger partial charge on any atom is -0.481 e. The van der Waals surface area contributed by atoms with E-state index in [9.17, 15) is 24.6 Å². The molecule has 2 unspecified atom stereocenters. The number of carbonyl (C=O) groups excluding carboxylic acids is 2. The molecule has 4 rings (SSSR count). The number of likely N-dealkylation sites (tertiary alicyclic amines) is 1. The molecule has 8 heteroatoms. The molecule has 2 aromatic carbocycles. The van der Waals surface area contributed by atoms with Crippen LogP contribution in [0.4, 0.5) is 4.79 Å². The van der Waals surface area contributed by atoms with Gasteiger partial charge < -0.3 is 25.2 Å². The number of nitrogens with one attached hydrogen (secondary N) is 1. The molecule has 1 aliphatic heterocycles. The van der Waals surface area contributed by atoms with Crippen LogP contribution in [0.15, 0.2) is 48.5 Å². The summed E-state index contributed by atoms with van der Waals surface area (Å²) in [4.78, 5) is 39.0. The van der Waals surface area contributed by atoms with Crippen LogP contribution < -0.4 is 5.32 Å². The Morgan fingerprint density at radius 1 is 1.03 bits per heavy atom. The molecule has 1 fully saturated rings. The van der Waals surface area contributed by atoms with Gasteiger partial charge in [-0.3, -0.25) is 9.59 Å². The number of benzene rings is 2. The number of hydrogen-bond donors (Lipinski definition) is 3. The normalized spacial score (nSPS) is 20.5. The molecule has 2 amide bonds. The van der Waals surface area contributed by atoms with Crippen LogP contribution in [-0.4, -0.2) is 64.9 Å². The number of carbonyl (C=O) groups is 3. The molecule has 2 aromatic rings. The molecule has 3 N–H and O–H groups in total. The van der Waals surface area contributed by atoms with E-state index in [1.807, 2.05) is 57.2 Å². The third-order valence-corrected chi connectivity index (χ3v) is 6.81. The molecule has 1 aliphatic carbocycles. The van der Waals surface area contributed by atoms with Crippen molar-refractivity contribution < 1.29 is 29.3 Å². The summed E-state index contributed by atoms with van der Waals surface area (Å²) in [6.45, 7) is 5.58. The molecule has 186 valence electrons. The fourth-order valence-electron chi connectivity index (χ4n) is 5.02. The lowest BCUT2D eigenvalue weighted by Gasteiger charge is -2.39. The summed E-state index contributed by atoms with van der Waals surface area (Å²) in [5.41, 5.74) is 3.76. The van der Waals surface area contributed by atoms with Crippen LogP contribution in [0.1, 0.15) is 44.2 Å². The molecular formula is C27H32N2O6. The fraction of sp³-hybridized carbons (Fsp3) is 0.444. The second-order valence-corrected chi connectivity index (χ2v) is 10.4. The maximum Gasteiger partial charge on any atom is 0.407 e. The molecule has 0 aromatic heterocycles. The highest BCUT2D eigenvalue weighted by atomic mass is 16.5. The first-order valence-corrected chi connectivity index (χ1v) is 11.9. The molecule has 0 spiro atoms. The monoisotopic (exact) mass is 480 g/mol. The quantitative estimate of drug-likeness (QED) is 0.605. The van der Waals surface area contributed by atoms with Crippen molar-refractivity contribution >= 4 is 18.0 Å². The molecule has 8 nitrogen and oxygen atoms in total. The lowest BCUT2D eigenvalue weighted by Crippen LogP contribution is -2.58. The number of carboxylic acids is 1. The SMILES string of the molecule is CC(C)(C)[C@H](NC(=O)OCC1c2ccccc2-c2ccccc21)C(=O)N1CC(O)CC(C(=O)O)C1. The topological polar surface area (TPSA) is 116 Å². The number of fused-ring (bicyclic) bond motifs is 3. The van der Waals surface area contributed by atoms with Gasteiger partial charge in [-0.2, -0.15) is 0 Å². The number of alkyl carbamates (subject to hydrolysis) is 1. The summed E-state index contributed by atoms with van der Waals surface area (Å²) in [5.74, 6) is -2.45. The number of ether oxygens (including phenoxy) is 1. The van der Waals surface area contributed by atoms with Crippen LogP contribution in [0, 0.1) is 11.3 Å². The number of aliphatic carboxylic acids is 1. The first-order chi connectivity index (χ1) is 16.6. The molecular weight excluding hydrogens is 448 g/mol. The number of aliphatic hydroxyl groups is 1.